The van der Waals surface area contributed by atoms with E-state index in [4.69, 9.17) is 19.2 Å². The number of hydrogen-bond acceptors (Lipinski definition) is 6. The van der Waals surface area contributed by atoms with Crippen LogP contribution in [-0.2, 0) is 6.42 Å². The van der Waals surface area contributed by atoms with Crippen LogP contribution in [-0.4, -0.2) is 25.4 Å². The Hall–Kier alpha value is -2.90. The van der Waals surface area contributed by atoms with E-state index in [0.29, 0.717) is 27.4 Å². The van der Waals surface area contributed by atoms with Crippen LogP contribution in [0.25, 0.3) is 11.8 Å². The van der Waals surface area contributed by atoms with Gasteiger partial charge in [-0.25, -0.2) is 4.99 Å². The lowest BCUT2D eigenvalue weighted by molar-refractivity contribution is 0.354. The molecule has 0 fully saturated rings. The number of aryl methyl sites for hydroxylation is 1. The third-order valence-corrected chi connectivity index (χ3v) is 9.85. The van der Waals surface area contributed by atoms with E-state index in [1.165, 1.54) is 16.9 Å². The molecule has 208 valence electrons. The fourth-order valence-corrected chi connectivity index (χ4v) is 8.57. The number of fused-ring (bicyclic) bond motifs is 3. The lowest BCUT2D eigenvalue weighted by atomic mass is 9.83. The topological polar surface area (TPSA) is 62.0 Å². The number of nitrogens with zero attached hydrogens (tertiary/aromatic N) is 2. The van der Waals surface area contributed by atoms with Gasteiger partial charge >= 0.3 is 0 Å². The van der Waals surface area contributed by atoms with Gasteiger partial charge < -0.3 is 14.2 Å². The lowest BCUT2D eigenvalue weighted by Crippen LogP contribution is -2.38. The monoisotopic (exact) mass is 788 g/mol. The van der Waals surface area contributed by atoms with Crippen molar-refractivity contribution in [3.05, 3.63) is 122 Å². The van der Waals surface area contributed by atoms with Gasteiger partial charge in [0, 0.05) is 5.56 Å². The maximum Gasteiger partial charge on any atom is 0.271 e. The molecule has 0 spiro atoms. The van der Waals surface area contributed by atoms with Crippen molar-refractivity contribution in [2.24, 2.45) is 4.99 Å². The maximum atomic E-state index is 14.1. The van der Waals surface area contributed by atoms with Crippen molar-refractivity contribution >= 4 is 68.3 Å². The molecule has 1 atom stereocenters. The highest BCUT2D eigenvalue weighted by Crippen LogP contribution is 2.42. The summed E-state index contributed by atoms with van der Waals surface area (Å²) in [7, 11) is 3.25. The molecule has 41 heavy (non-hydrogen) atoms. The number of benzene rings is 3. The summed E-state index contributed by atoms with van der Waals surface area (Å²) in [6.07, 6.45) is 5.40. The van der Waals surface area contributed by atoms with Gasteiger partial charge in [0.05, 0.1) is 37.6 Å². The normalized spacial score (nSPS) is 15.9. The number of rotatable bonds is 7. The molecule has 4 aromatic rings. The van der Waals surface area contributed by atoms with E-state index >= 15 is 0 Å². The van der Waals surface area contributed by atoms with Crippen molar-refractivity contribution in [3.8, 4) is 17.2 Å². The summed E-state index contributed by atoms with van der Waals surface area (Å²) in [6.45, 7) is 4.18. The smallest absolute Gasteiger partial charge is 0.271 e. The van der Waals surface area contributed by atoms with Gasteiger partial charge in [-0.1, -0.05) is 54.3 Å². The largest absolute Gasteiger partial charge is 0.493 e. The zero-order chi connectivity index (χ0) is 28.7. The van der Waals surface area contributed by atoms with Crippen LogP contribution < -0.4 is 29.1 Å². The Morgan fingerprint density at radius 1 is 1.05 bits per heavy atom. The van der Waals surface area contributed by atoms with E-state index < -0.39 is 0 Å². The van der Waals surface area contributed by atoms with Crippen LogP contribution >= 0.6 is 56.5 Å². The summed E-state index contributed by atoms with van der Waals surface area (Å²) in [5, 5.41) is 0. The number of ether oxygens (including phenoxy) is 3. The highest BCUT2D eigenvalue weighted by molar-refractivity contribution is 14.1. The number of aromatic nitrogens is 1. The maximum absolute atomic E-state index is 14.1. The predicted octanol–water partition coefficient (Wildman–Crippen LogP) is 6.11. The Labute approximate surface area is 269 Å². The van der Waals surface area contributed by atoms with Crippen LogP contribution in [0.4, 0.5) is 0 Å². The first-order valence-corrected chi connectivity index (χ1v) is 16.0. The molecule has 6 nitrogen and oxygen atoms in total. The average molecular weight is 788 g/mol. The molecular weight excluding hydrogens is 762 g/mol. The molecule has 0 saturated carbocycles. The van der Waals surface area contributed by atoms with E-state index in [0.717, 1.165) is 53.7 Å². The SMILES string of the molecule is C=CCOc1c(I)cc(/C=c2\sc3n(c2=O)[C@@H](c2ccc(OC)c(OC)c2)C2=C(N=3)c3ccccc3CC2)cc1I. The molecule has 0 radical (unpaired) electrons. The molecule has 0 N–H and O–H groups in total. The van der Waals surface area contributed by atoms with E-state index in [1.807, 2.05) is 41.0 Å². The Balaban J connectivity index is 1.56. The van der Waals surface area contributed by atoms with Crippen LogP contribution in [0.5, 0.6) is 17.2 Å². The quantitative estimate of drug-likeness (QED) is 0.168. The minimum Gasteiger partial charge on any atom is -0.493 e. The minimum absolute atomic E-state index is 0.0593. The molecule has 2 aliphatic rings. The minimum atomic E-state index is -0.300. The van der Waals surface area contributed by atoms with Crippen molar-refractivity contribution < 1.29 is 14.2 Å². The molecule has 0 bridgehead atoms. The summed E-state index contributed by atoms with van der Waals surface area (Å²) < 4.78 is 21.4. The summed E-state index contributed by atoms with van der Waals surface area (Å²) in [6, 6.07) is 18.1. The number of methoxy groups -OCH3 is 2. The Morgan fingerprint density at radius 3 is 2.54 bits per heavy atom. The van der Waals surface area contributed by atoms with E-state index in [1.54, 1.807) is 20.3 Å². The van der Waals surface area contributed by atoms with Gasteiger partial charge in [-0.2, -0.15) is 0 Å². The number of allylic oxidation sites excluding steroid dienone is 1. The van der Waals surface area contributed by atoms with E-state index in [9.17, 15) is 4.79 Å². The second-order valence-corrected chi connectivity index (χ2v) is 13.0. The van der Waals surface area contributed by atoms with E-state index in [-0.39, 0.29) is 11.6 Å². The fourth-order valence-electron chi connectivity index (χ4n) is 5.44. The highest BCUT2D eigenvalue weighted by atomic mass is 127. The third-order valence-electron chi connectivity index (χ3n) is 7.26. The van der Waals surface area contributed by atoms with Crippen LogP contribution in [0.2, 0.25) is 0 Å². The van der Waals surface area contributed by atoms with Crippen LogP contribution in [0.3, 0.4) is 0 Å². The van der Waals surface area contributed by atoms with E-state index in [2.05, 4.69) is 76.0 Å². The Kier molecular flexibility index (Phi) is 8.10. The second kappa shape index (κ2) is 11.8. The molecule has 1 aliphatic heterocycles. The summed E-state index contributed by atoms with van der Waals surface area (Å²) in [5.74, 6) is 2.10. The zero-order valence-corrected chi connectivity index (χ0v) is 27.6. The predicted molar refractivity (Wildman–Crippen MR) is 180 cm³/mol. The van der Waals surface area contributed by atoms with Crippen LogP contribution in [0, 0.1) is 7.14 Å². The van der Waals surface area contributed by atoms with Gasteiger partial charge in [0.15, 0.2) is 16.3 Å². The molecule has 0 amide bonds. The van der Waals surface area contributed by atoms with Crippen LogP contribution in [0.1, 0.15) is 34.7 Å². The first kappa shape index (κ1) is 28.2. The molecule has 3 aromatic carbocycles. The molecule has 0 saturated heterocycles. The summed E-state index contributed by atoms with van der Waals surface area (Å²) >= 11 is 5.97. The van der Waals surface area contributed by atoms with Gasteiger partial charge in [-0.3, -0.25) is 9.36 Å². The molecule has 1 aliphatic carbocycles. The first-order chi connectivity index (χ1) is 19.9. The van der Waals surface area contributed by atoms with Crippen molar-refractivity contribution in [3.63, 3.8) is 0 Å². The number of hydrogen-bond donors (Lipinski definition) is 0. The molecule has 6 rings (SSSR count). The number of halogens is 2. The molecular formula is C32H26I2N2O4S. The molecule has 9 heteroatoms. The third kappa shape index (κ3) is 5.16. The van der Waals surface area contributed by atoms with Gasteiger partial charge in [-0.15, -0.1) is 0 Å². The highest BCUT2D eigenvalue weighted by Gasteiger charge is 2.33. The molecule has 2 heterocycles. The Morgan fingerprint density at radius 2 is 1.80 bits per heavy atom. The summed E-state index contributed by atoms with van der Waals surface area (Å²) in [4.78, 5) is 19.9. The number of thiazole rings is 1. The molecule has 0 unspecified atom stereocenters. The lowest BCUT2D eigenvalue weighted by Gasteiger charge is -2.31. The van der Waals surface area contributed by atoms with Gasteiger partial charge in [0.2, 0.25) is 0 Å². The Bertz CT molecular complexity index is 1880. The van der Waals surface area contributed by atoms with Crippen LogP contribution in [0.15, 0.2) is 82.6 Å². The standard InChI is InChI=1S/C32H26I2N2O4S/c1-4-13-40-30-23(33)14-18(15-24(30)34)16-27-31(37)36-29(20-10-12-25(38-2)26(17-20)39-3)22-11-9-19-7-5-6-8-21(19)28(22)35-32(36)41-27/h4-8,10,12,14-17,29H,1,9,11,13H2,2-3H3/b27-16-/t29-/m0/s1. The first-order valence-electron chi connectivity index (χ1n) is 13.0. The van der Waals surface area contributed by atoms with Gasteiger partial charge in [0.25, 0.3) is 5.56 Å². The van der Waals surface area contributed by atoms with Crippen molar-refractivity contribution in [2.75, 3.05) is 20.8 Å². The average Bonchev–Trinajstić information content (AvgIpc) is 3.29. The fraction of sp³-hybridized carbons (Fsp3) is 0.188. The molecule has 1 aromatic heterocycles. The summed E-state index contributed by atoms with van der Waals surface area (Å²) in [5.41, 5.74) is 6.36. The van der Waals surface area contributed by atoms with Crippen molar-refractivity contribution in [2.45, 2.75) is 18.9 Å². The van der Waals surface area contributed by atoms with Gasteiger partial charge in [0.1, 0.15) is 12.4 Å². The van der Waals surface area contributed by atoms with Crippen molar-refractivity contribution in [1.82, 2.24) is 4.57 Å². The zero-order valence-electron chi connectivity index (χ0n) is 22.4. The van der Waals surface area contributed by atoms with Gasteiger partial charge in [-0.05, 0) is 111 Å². The van der Waals surface area contributed by atoms with Crippen molar-refractivity contribution in [1.29, 1.82) is 0 Å². The second-order valence-electron chi connectivity index (χ2n) is 9.64.